The van der Waals surface area contributed by atoms with Crippen LogP contribution in [0.1, 0.15) is 43.2 Å². The predicted octanol–water partition coefficient (Wildman–Crippen LogP) is 5.50. The van der Waals surface area contributed by atoms with Gasteiger partial charge in [-0.3, -0.25) is 4.79 Å². The molecule has 2 aromatic carbocycles. The molecule has 0 fully saturated rings. The van der Waals surface area contributed by atoms with E-state index in [0.717, 1.165) is 29.1 Å². The van der Waals surface area contributed by atoms with Crippen molar-refractivity contribution < 1.29 is 13.2 Å². The summed E-state index contributed by atoms with van der Waals surface area (Å²) in [6, 6.07) is 11.5. The van der Waals surface area contributed by atoms with E-state index < -0.39 is 10.0 Å². The van der Waals surface area contributed by atoms with Crippen molar-refractivity contribution in [3.63, 3.8) is 0 Å². The van der Waals surface area contributed by atoms with Gasteiger partial charge in [0.05, 0.1) is 11.4 Å². The lowest BCUT2D eigenvalue weighted by Crippen LogP contribution is -2.40. The van der Waals surface area contributed by atoms with E-state index in [-0.39, 0.29) is 23.9 Å². The van der Waals surface area contributed by atoms with Gasteiger partial charge in [0.1, 0.15) is 0 Å². The molecule has 0 heterocycles. The molecule has 1 N–H and O–H groups in total. The Morgan fingerprint density at radius 2 is 1.84 bits per heavy atom. The zero-order valence-corrected chi connectivity index (χ0v) is 20.4. The molecule has 1 amide bonds. The first-order valence-electron chi connectivity index (χ1n) is 10.7. The molecule has 1 aliphatic rings. The second kappa shape index (κ2) is 11.3. The monoisotopic (exact) mass is 494 g/mol. The van der Waals surface area contributed by atoms with Gasteiger partial charge < -0.3 is 5.32 Å². The number of carbonyl (C=O) groups excluding carboxylic acids is 1. The van der Waals surface area contributed by atoms with E-state index in [2.05, 4.69) is 11.4 Å². The van der Waals surface area contributed by atoms with Gasteiger partial charge in [0, 0.05) is 23.1 Å². The van der Waals surface area contributed by atoms with Gasteiger partial charge in [-0.05, 0) is 68.9 Å². The molecule has 1 aliphatic carbocycles. The van der Waals surface area contributed by atoms with Gasteiger partial charge in [0.15, 0.2) is 0 Å². The van der Waals surface area contributed by atoms with Crippen molar-refractivity contribution in [2.45, 2.75) is 50.5 Å². The topological polar surface area (TPSA) is 66.5 Å². The van der Waals surface area contributed by atoms with Gasteiger partial charge in [-0.25, -0.2) is 8.42 Å². The first kappa shape index (κ1) is 24.8. The molecule has 0 radical (unpaired) electrons. The number of carbonyl (C=O) groups is 1. The highest BCUT2D eigenvalue weighted by atomic mass is 35.5. The van der Waals surface area contributed by atoms with Crippen LogP contribution in [0.15, 0.2) is 59.0 Å². The van der Waals surface area contributed by atoms with E-state index in [1.807, 2.05) is 6.92 Å². The fourth-order valence-electron chi connectivity index (χ4n) is 3.64. The van der Waals surface area contributed by atoms with Crippen molar-refractivity contribution in [2.24, 2.45) is 0 Å². The molecular formula is C24H28Cl2N2O3S. The van der Waals surface area contributed by atoms with Crippen molar-refractivity contribution in [3.8, 4) is 0 Å². The van der Waals surface area contributed by atoms with Gasteiger partial charge >= 0.3 is 0 Å². The van der Waals surface area contributed by atoms with E-state index in [4.69, 9.17) is 23.2 Å². The summed E-state index contributed by atoms with van der Waals surface area (Å²) in [5, 5.41) is 3.68. The van der Waals surface area contributed by atoms with Crippen molar-refractivity contribution in [2.75, 3.05) is 13.1 Å². The van der Waals surface area contributed by atoms with Crippen LogP contribution in [-0.4, -0.2) is 31.7 Å². The Morgan fingerprint density at radius 1 is 1.09 bits per heavy atom. The molecule has 0 atom stereocenters. The van der Waals surface area contributed by atoms with Crippen LogP contribution in [0.25, 0.3) is 0 Å². The maximum Gasteiger partial charge on any atom is 0.243 e. The standard InChI is InChI=1S/C24H28Cl2N2O3S/c1-18-7-11-22(12-8-18)32(30,31)28(16-20-9-10-21(25)15-23(20)26)17-24(29)27-14-13-19-5-3-2-4-6-19/h5,7-12,15H,2-4,6,13-14,16-17H2,1H3,(H,27,29). The second-order valence-corrected chi connectivity index (χ2v) is 10.8. The van der Waals surface area contributed by atoms with E-state index in [1.54, 1.807) is 42.5 Å². The van der Waals surface area contributed by atoms with Gasteiger partial charge in [-0.2, -0.15) is 4.31 Å². The van der Waals surface area contributed by atoms with Crippen molar-refractivity contribution >= 4 is 39.1 Å². The lowest BCUT2D eigenvalue weighted by molar-refractivity contribution is -0.121. The van der Waals surface area contributed by atoms with Gasteiger partial charge in [0.2, 0.25) is 15.9 Å². The molecule has 2 aromatic rings. The molecule has 0 bridgehead atoms. The Bertz CT molecular complexity index is 1080. The first-order chi connectivity index (χ1) is 15.3. The van der Waals surface area contributed by atoms with Crippen LogP contribution in [0.4, 0.5) is 0 Å². The minimum Gasteiger partial charge on any atom is -0.355 e. The lowest BCUT2D eigenvalue weighted by Gasteiger charge is -2.23. The minimum atomic E-state index is -3.91. The molecule has 8 heteroatoms. The number of benzene rings is 2. The van der Waals surface area contributed by atoms with Crippen molar-refractivity contribution in [1.82, 2.24) is 9.62 Å². The third-order valence-corrected chi connectivity index (χ3v) is 7.89. The van der Waals surface area contributed by atoms with Crippen LogP contribution >= 0.6 is 23.2 Å². The molecule has 32 heavy (non-hydrogen) atoms. The number of amides is 1. The largest absolute Gasteiger partial charge is 0.355 e. The number of hydrogen-bond donors (Lipinski definition) is 1. The van der Waals surface area contributed by atoms with Crippen LogP contribution in [0, 0.1) is 6.92 Å². The predicted molar refractivity (Wildman–Crippen MR) is 129 cm³/mol. The van der Waals surface area contributed by atoms with E-state index in [9.17, 15) is 13.2 Å². The Balaban J connectivity index is 1.75. The summed E-state index contributed by atoms with van der Waals surface area (Å²) >= 11 is 12.3. The van der Waals surface area contributed by atoms with Gasteiger partial charge in [-0.1, -0.05) is 58.6 Å². The van der Waals surface area contributed by atoms with Gasteiger partial charge in [-0.15, -0.1) is 0 Å². The fraction of sp³-hybridized carbons (Fsp3) is 0.375. The quantitative estimate of drug-likeness (QED) is 0.468. The maximum absolute atomic E-state index is 13.4. The highest BCUT2D eigenvalue weighted by molar-refractivity contribution is 7.89. The number of nitrogens with one attached hydrogen (secondary N) is 1. The average Bonchev–Trinajstić information content (AvgIpc) is 2.76. The molecule has 172 valence electrons. The molecule has 3 rings (SSSR count). The van der Waals surface area contributed by atoms with Crippen LogP contribution in [-0.2, 0) is 21.4 Å². The molecule has 0 spiro atoms. The summed E-state index contributed by atoms with van der Waals surface area (Å²) < 4.78 is 27.9. The van der Waals surface area contributed by atoms with Crippen molar-refractivity contribution in [1.29, 1.82) is 0 Å². The number of halogens is 2. The summed E-state index contributed by atoms with van der Waals surface area (Å²) in [5.41, 5.74) is 2.88. The molecule has 5 nitrogen and oxygen atoms in total. The van der Waals surface area contributed by atoms with E-state index in [0.29, 0.717) is 22.2 Å². The summed E-state index contributed by atoms with van der Waals surface area (Å²) in [4.78, 5) is 12.8. The van der Waals surface area contributed by atoms with Crippen LogP contribution in [0.5, 0.6) is 0 Å². The summed E-state index contributed by atoms with van der Waals surface area (Å²) in [6.45, 7) is 2.04. The highest BCUT2D eigenvalue weighted by Crippen LogP contribution is 2.25. The summed E-state index contributed by atoms with van der Waals surface area (Å²) in [7, 11) is -3.91. The molecular weight excluding hydrogens is 467 g/mol. The Morgan fingerprint density at radius 3 is 2.50 bits per heavy atom. The van der Waals surface area contributed by atoms with E-state index >= 15 is 0 Å². The second-order valence-electron chi connectivity index (χ2n) is 8.03. The Kier molecular flexibility index (Phi) is 8.77. The third kappa shape index (κ3) is 6.82. The van der Waals surface area contributed by atoms with Crippen LogP contribution in [0.2, 0.25) is 10.0 Å². The smallest absolute Gasteiger partial charge is 0.243 e. The first-order valence-corrected chi connectivity index (χ1v) is 12.9. The number of nitrogens with zero attached hydrogens (tertiary/aromatic N) is 1. The zero-order valence-electron chi connectivity index (χ0n) is 18.1. The number of allylic oxidation sites excluding steroid dienone is 1. The molecule has 0 unspecified atom stereocenters. The molecule has 0 saturated heterocycles. The van der Waals surface area contributed by atoms with Gasteiger partial charge in [0.25, 0.3) is 0 Å². The molecule has 0 saturated carbocycles. The number of aryl methyl sites for hydroxylation is 1. The Labute approximate surface area is 200 Å². The number of hydrogen-bond acceptors (Lipinski definition) is 3. The summed E-state index contributed by atoms with van der Waals surface area (Å²) in [5.74, 6) is -0.345. The third-order valence-electron chi connectivity index (χ3n) is 5.49. The highest BCUT2D eigenvalue weighted by Gasteiger charge is 2.27. The SMILES string of the molecule is Cc1ccc(S(=O)(=O)N(CC(=O)NCCC2=CCCCC2)Cc2ccc(Cl)cc2Cl)cc1. The summed E-state index contributed by atoms with van der Waals surface area (Å²) in [6.07, 6.45) is 7.59. The fourth-order valence-corrected chi connectivity index (χ4v) is 5.48. The minimum absolute atomic E-state index is 0.0369. The normalized spacial score (nSPS) is 14.3. The maximum atomic E-state index is 13.4. The number of rotatable bonds is 9. The average molecular weight is 495 g/mol. The Hall–Kier alpha value is -1.86. The van der Waals surface area contributed by atoms with Crippen molar-refractivity contribution in [3.05, 3.63) is 75.3 Å². The molecule has 0 aliphatic heterocycles. The number of sulfonamides is 1. The van der Waals surface area contributed by atoms with Crippen LogP contribution in [0.3, 0.4) is 0 Å². The lowest BCUT2D eigenvalue weighted by atomic mass is 9.97. The van der Waals surface area contributed by atoms with E-state index in [1.165, 1.54) is 18.4 Å². The zero-order chi connectivity index (χ0) is 23.1. The molecule has 0 aromatic heterocycles. The van der Waals surface area contributed by atoms with Crippen LogP contribution < -0.4 is 5.32 Å².